The third-order valence-corrected chi connectivity index (χ3v) is 2.26. The van der Waals surface area contributed by atoms with E-state index in [0.29, 0.717) is 29.9 Å². The summed E-state index contributed by atoms with van der Waals surface area (Å²) in [4.78, 5) is 8.19. The van der Waals surface area contributed by atoms with Crippen LogP contribution in [0.1, 0.15) is 11.7 Å². The monoisotopic (exact) mass is 248 g/mol. The van der Waals surface area contributed by atoms with Gasteiger partial charge in [-0.2, -0.15) is 9.97 Å². The highest BCUT2D eigenvalue weighted by atomic mass is 19.1. The Bertz CT molecular complexity index is 691. The van der Waals surface area contributed by atoms with E-state index in [1.807, 2.05) is 0 Å². The predicted molar refractivity (Wildman–Crippen MR) is 59.3 cm³/mol. The Morgan fingerprint density at radius 2 is 2.28 bits per heavy atom. The lowest BCUT2D eigenvalue weighted by Crippen LogP contribution is -2.01. The number of aryl methyl sites for hydroxylation is 1. The van der Waals surface area contributed by atoms with Gasteiger partial charge in [0.1, 0.15) is 5.82 Å². The molecule has 0 atom stereocenters. The van der Waals surface area contributed by atoms with Crippen LogP contribution in [0.4, 0.5) is 10.3 Å². The molecule has 0 aromatic carbocycles. The summed E-state index contributed by atoms with van der Waals surface area (Å²) < 4.78 is 19.2. The van der Waals surface area contributed by atoms with E-state index in [2.05, 4.69) is 25.5 Å². The summed E-state index contributed by atoms with van der Waals surface area (Å²) in [5.74, 6) is 1.01. The first-order valence-electron chi connectivity index (χ1n) is 5.26. The van der Waals surface area contributed by atoms with E-state index in [0.717, 1.165) is 0 Å². The van der Waals surface area contributed by atoms with Crippen molar-refractivity contribution in [2.75, 3.05) is 5.32 Å². The van der Waals surface area contributed by atoms with Crippen LogP contribution in [-0.2, 0) is 6.54 Å². The van der Waals surface area contributed by atoms with Crippen molar-refractivity contribution in [2.45, 2.75) is 13.5 Å². The van der Waals surface area contributed by atoms with Crippen LogP contribution in [0.3, 0.4) is 0 Å². The van der Waals surface area contributed by atoms with Gasteiger partial charge in [0.25, 0.3) is 0 Å². The second-order valence-electron chi connectivity index (χ2n) is 3.67. The summed E-state index contributed by atoms with van der Waals surface area (Å²) in [5, 5.41) is 10.6. The number of hydrogen-bond acceptors (Lipinski definition) is 6. The van der Waals surface area contributed by atoms with Crippen LogP contribution < -0.4 is 5.32 Å². The second-order valence-corrected chi connectivity index (χ2v) is 3.67. The van der Waals surface area contributed by atoms with Crippen molar-refractivity contribution in [1.29, 1.82) is 0 Å². The zero-order valence-electron chi connectivity index (χ0n) is 9.46. The van der Waals surface area contributed by atoms with Crippen molar-refractivity contribution in [3.05, 3.63) is 35.9 Å². The molecule has 3 aromatic heterocycles. The van der Waals surface area contributed by atoms with Crippen LogP contribution in [-0.4, -0.2) is 24.7 Å². The summed E-state index contributed by atoms with van der Waals surface area (Å²) >= 11 is 0. The van der Waals surface area contributed by atoms with E-state index < -0.39 is 0 Å². The Morgan fingerprint density at radius 3 is 3.06 bits per heavy atom. The normalized spacial score (nSPS) is 11.0. The number of pyridine rings is 1. The Kier molecular flexibility index (Phi) is 2.40. The molecule has 0 aliphatic heterocycles. The average molecular weight is 248 g/mol. The number of aromatic nitrogens is 5. The maximum absolute atomic E-state index is 13.0. The number of hydrogen-bond donors (Lipinski definition) is 1. The predicted octanol–water partition coefficient (Wildman–Crippen LogP) is 1.17. The molecule has 0 bridgehead atoms. The standard InChI is InChI=1S/C10H9FN6O/c1-6-13-9(18-16-6)4-12-10-14-8-3-2-7(11)5-17(8)15-10/h2-3,5H,4H2,1H3,(H,12,15). The van der Waals surface area contributed by atoms with Gasteiger partial charge in [-0.15, -0.1) is 5.10 Å². The molecule has 18 heavy (non-hydrogen) atoms. The summed E-state index contributed by atoms with van der Waals surface area (Å²) in [6, 6.07) is 2.87. The van der Waals surface area contributed by atoms with Gasteiger partial charge in [-0.3, -0.25) is 0 Å². The van der Waals surface area contributed by atoms with Crippen molar-refractivity contribution >= 4 is 11.6 Å². The summed E-state index contributed by atoms with van der Waals surface area (Å²) in [5.41, 5.74) is 0.556. The third kappa shape index (κ3) is 1.99. The lowest BCUT2D eigenvalue weighted by molar-refractivity contribution is 0.379. The van der Waals surface area contributed by atoms with E-state index in [4.69, 9.17) is 4.52 Å². The highest BCUT2D eigenvalue weighted by Crippen LogP contribution is 2.07. The number of halogens is 1. The summed E-state index contributed by atoms with van der Waals surface area (Å²) in [7, 11) is 0. The van der Waals surface area contributed by atoms with Gasteiger partial charge < -0.3 is 9.84 Å². The molecule has 0 radical (unpaired) electrons. The molecule has 92 valence electrons. The number of nitrogens with zero attached hydrogens (tertiary/aromatic N) is 5. The van der Waals surface area contributed by atoms with Crippen molar-refractivity contribution in [2.24, 2.45) is 0 Å². The van der Waals surface area contributed by atoms with Gasteiger partial charge in [-0.05, 0) is 19.1 Å². The maximum atomic E-state index is 13.0. The molecule has 0 unspecified atom stereocenters. The molecular weight excluding hydrogens is 239 g/mol. The van der Waals surface area contributed by atoms with Gasteiger partial charge in [0.05, 0.1) is 12.7 Å². The van der Waals surface area contributed by atoms with Crippen LogP contribution in [0.15, 0.2) is 22.9 Å². The molecular formula is C10H9FN6O. The Labute approximate surface area is 101 Å². The molecule has 1 N–H and O–H groups in total. The lowest BCUT2D eigenvalue weighted by Gasteiger charge is -1.94. The highest BCUT2D eigenvalue weighted by molar-refractivity contribution is 5.42. The zero-order chi connectivity index (χ0) is 12.5. The molecule has 0 aliphatic rings. The molecule has 3 heterocycles. The van der Waals surface area contributed by atoms with Gasteiger partial charge in [0.15, 0.2) is 11.5 Å². The molecule has 0 fully saturated rings. The SMILES string of the molecule is Cc1noc(CNc2nc3ccc(F)cn3n2)n1. The van der Waals surface area contributed by atoms with Gasteiger partial charge in [-0.1, -0.05) is 5.16 Å². The smallest absolute Gasteiger partial charge is 0.246 e. The molecule has 3 rings (SSSR count). The number of fused-ring (bicyclic) bond motifs is 1. The van der Waals surface area contributed by atoms with E-state index in [-0.39, 0.29) is 5.82 Å². The van der Waals surface area contributed by atoms with Crippen molar-refractivity contribution < 1.29 is 8.91 Å². The van der Waals surface area contributed by atoms with Gasteiger partial charge >= 0.3 is 0 Å². The Hall–Kier alpha value is -2.51. The fourth-order valence-corrected chi connectivity index (χ4v) is 1.50. The largest absolute Gasteiger partial charge is 0.344 e. The average Bonchev–Trinajstić information content (AvgIpc) is 2.92. The van der Waals surface area contributed by atoms with E-state index in [1.54, 1.807) is 13.0 Å². The number of anilines is 1. The molecule has 0 aliphatic carbocycles. The molecule has 0 saturated carbocycles. The van der Waals surface area contributed by atoms with Crippen molar-refractivity contribution in [3.63, 3.8) is 0 Å². The van der Waals surface area contributed by atoms with Gasteiger partial charge in [0, 0.05) is 0 Å². The fraction of sp³-hybridized carbons (Fsp3) is 0.200. The second kappa shape index (κ2) is 4.06. The van der Waals surface area contributed by atoms with E-state index in [9.17, 15) is 4.39 Å². The van der Waals surface area contributed by atoms with Crippen LogP contribution in [0.25, 0.3) is 5.65 Å². The van der Waals surface area contributed by atoms with Gasteiger partial charge in [0.2, 0.25) is 11.8 Å². The highest BCUT2D eigenvalue weighted by Gasteiger charge is 2.06. The topological polar surface area (TPSA) is 81.1 Å². The molecule has 3 aromatic rings. The van der Waals surface area contributed by atoms with Crippen LogP contribution >= 0.6 is 0 Å². The van der Waals surface area contributed by atoms with Crippen molar-refractivity contribution in [1.82, 2.24) is 24.7 Å². The Balaban J connectivity index is 1.78. The third-order valence-electron chi connectivity index (χ3n) is 2.26. The number of rotatable bonds is 3. The molecule has 7 nitrogen and oxygen atoms in total. The Morgan fingerprint density at radius 1 is 1.39 bits per heavy atom. The molecule has 0 saturated heterocycles. The molecule has 0 amide bonds. The fourth-order valence-electron chi connectivity index (χ4n) is 1.50. The first-order chi connectivity index (χ1) is 8.70. The number of nitrogens with one attached hydrogen (secondary N) is 1. The van der Waals surface area contributed by atoms with E-state index in [1.165, 1.54) is 16.8 Å². The zero-order valence-corrected chi connectivity index (χ0v) is 9.46. The molecule has 0 spiro atoms. The van der Waals surface area contributed by atoms with Crippen LogP contribution in [0.2, 0.25) is 0 Å². The minimum atomic E-state index is -0.369. The van der Waals surface area contributed by atoms with E-state index >= 15 is 0 Å². The first-order valence-corrected chi connectivity index (χ1v) is 5.26. The summed E-state index contributed by atoms with van der Waals surface area (Å²) in [6.07, 6.45) is 1.25. The lowest BCUT2D eigenvalue weighted by atomic mass is 10.5. The quantitative estimate of drug-likeness (QED) is 0.749. The minimum absolute atomic E-state index is 0.320. The van der Waals surface area contributed by atoms with Gasteiger partial charge in [-0.25, -0.2) is 8.91 Å². The molecule has 8 heteroatoms. The minimum Gasteiger partial charge on any atom is -0.344 e. The maximum Gasteiger partial charge on any atom is 0.246 e. The van der Waals surface area contributed by atoms with Crippen LogP contribution in [0.5, 0.6) is 0 Å². The first kappa shape index (κ1) is 10.6. The summed E-state index contributed by atoms with van der Waals surface area (Å²) in [6.45, 7) is 2.05. The van der Waals surface area contributed by atoms with Crippen molar-refractivity contribution in [3.8, 4) is 0 Å². The van der Waals surface area contributed by atoms with Crippen LogP contribution in [0, 0.1) is 12.7 Å².